The Morgan fingerprint density at radius 2 is 1.70 bits per heavy atom. The molecule has 0 amide bonds. The van der Waals surface area contributed by atoms with Gasteiger partial charge < -0.3 is 0 Å². The Morgan fingerprint density at radius 3 is 2.45 bits per heavy atom. The molecule has 0 aromatic rings. The van der Waals surface area contributed by atoms with Gasteiger partial charge in [0.2, 0.25) is 0 Å². The Bertz CT molecular complexity index is 274. The van der Waals surface area contributed by atoms with Crippen LogP contribution in [0.15, 0.2) is 24.3 Å². The van der Waals surface area contributed by atoms with E-state index in [4.69, 9.17) is 0 Å². The Labute approximate surface area is 127 Å². The van der Waals surface area contributed by atoms with E-state index in [2.05, 4.69) is 32.6 Å². The molecule has 1 aliphatic carbocycles. The predicted octanol–water partition coefficient (Wildman–Crippen LogP) is 7.07. The van der Waals surface area contributed by atoms with Gasteiger partial charge in [0, 0.05) is 0 Å². The lowest BCUT2D eigenvalue weighted by atomic mass is 9.88. The molecule has 2 atom stereocenters. The van der Waals surface area contributed by atoms with E-state index in [-0.39, 0.29) is 0 Å². The van der Waals surface area contributed by atoms with E-state index in [9.17, 15) is 0 Å². The van der Waals surface area contributed by atoms with Crippen molar-refractivity contribution in [2.45, 2.75) is 90.9 Å². The number of rotatable bonds is 11. The molecule has 0 aromatic heterocycles. The van der Waals surface area contributed by atoms with Crippen LogP contribution in [0.1, 0.15) is 90.9 Å². The highest BCUT2D eigenvalue weighted by molar-refractivity contribution is 5.13. The van der Waals surface area contributed by atoms with E-state index < -0.39 is 0 Å². The molecule has 1 rings (SSSR count). The van der Waals surface area contributed by atoms with Gasteiger partial charge in [-0.3, -0.25) is 0 Å². The number of hydrogen-bond donors (Lipinski definition) is 0. The van der Waals surface area contributed by atoms with Crippen LogP contribution in [-0.4, -0.2) is 0 Å². The highest BCUT2D eigenvalue weighted by Gasteiger charge is 2.27. The minimum Gasteiger partial charge on any atom is -0.0996 e. The zero-order valence-electron chi connectivity index (χ0n) is 14.0. The van der Waals surface area contributed by atoms with Gasteiger partial charge in [0.25, 0.3) is 0 Å². The monoisotopic (exact) mass is 276 g/mol. The summed E-state index contributed by atoms with van der Waals surface area (Å²) < 4.78 is 0. The van der Waals surface area contributed by atoms with Gasteiger partial charge >= 0.3 is 0 Å². The maximum Gasteiger partial charge on any atom is -0.0143 e. The second kappa shape index (κ2) is 11.2. The van der Waals surface area contributed by atoms with Gasteiger partial charge in [-0.15, -0.1) is 0 Å². The molecule has 2 unspecified atom stereocenters. The SMILES string of the molecule is C=C1CCC(/C=C/CCCCC)C1CCCCCCC. The Balaban J connectivity index is 2.24. The van der Waals surface area contributed by atoms with E-state index in [0.29, 0.717) is 0 Å². The Hall–Kier alpha value is -0.520. The van der Waals surface area contributed by atoms with Gasteiger partial charge in [-0.1, -0.05) is 83.1 Å². The summed E-state index contributed by atoms with van der Waals surface area (Å²) in [6, 6.07) is 0. The fourth-order valence-electron chi connectivity index (χ4n) is 3.44. The molecule has 0 spiro atoms. The molecular formula is C20H36. The van der Waals surface area contributed by atoms with Gasteiger partial charge in [-0.05, 0) is 43.9 Å². The Kier molecular flexibility index (Phi) is 9.79. The van der Waals surface area contributed by atoms with Gasteiger partial charge in [0.15, 0.2) is 0 Å². The van der Waals surface area contributed by atoms with Crippen LogP contribution in [0.25, 0.3) is 0 Å². The largest absolute Gasteiger partial charge is 0.0996 e. The number of allylic oxidation sites excluding steroid dienone is 3. The van der Waals surface area contributed by atoms with Crippen molar-refractivity contribution in [1.29, 1.82) is 0 Å². The van der Waals surface area contributed by atoms with Crippen LogP contribution in [0.3, 0.4) is 0 Å². The van der Waals surface area contributed by atoms with Crippen LogP contribution in [0.5, 0.6) is 0 Å². The normalized spacial score (nSPS) is 23.0. The molecule has 0 aliphatic heterocycles. The summed E-state index contributed by atoms with van der Waals surface area (Å²) in [5.74, 6) is 1.59. The van der Waals surface area contributed by atoms with E-state index in [1.165, 1.54) is 82.6 Å². The quantitative estimate of drug-likeness (QED) is 0.280. The molecule has 20 heavy (non-hydrogen) atoms. The summed E-state index contributed by atoms with van der Waals surface area (Å²) >= 11 is 0. The smallest absolute Gasteiger partial charge is 0.0143 e. The molecule has 1 fully saturated rings. The Morgan fingerprint density at radius 1 is 1.00 bits per heavy atom. The van der Waals surface area contributed by atoms with Crippen molar-refractivity contribution in [3.8, 4) is 0 Å². The summed E-state index contributed by atoms with van der Waals surface area (Å²) in [6.07, 6.45) is 21.3. The summed E-state index contributed by atoms with van der Waals surface area (Å²) in [6.45, 7) is 8.89. The molecule has 0 radical (unpaired) electrons. The second-order valence-corrected chi connectivity index (χ2v) is 6.59. The van der Waals surface area contributed by atoms with E-state index in [0.717, 1.165) is 11.8 Å². The fourth-order valence-corrected chi connectivity index (χ4v) is 3.44. The molecule has 0 aromatic carbocycles. The number of hydrogen-bond acceptors (Lipinski definition) is 0. The molecule has 1 aliphatic rings. The van der Waals surface area contributed by atoms with Crippen molar-refractivity contribution in [1.82, 2.24) is 0 Å². The highest BCUT2D eigenvalue weighted by atomic mass is 14.3. The maximum atomic E-state index is 4.32. The lowest BCUT2D eigenvalue weighted by Crippen LogP contribution is -2.06. The summed E-state index contributed by atoms with van der Waals surface area (Å²) in [5, 5.41) is 0. The summed E-state index contributed by atoms with van der Waals surface area (Å²) in [5.41, 5.74) is 1.53. The van der Waals surface area contributed by atoms with E-state index >= 15 is 0 Å². The van der Waals surface area contributed by atoms with Gasteiger partial charge in [-0.25, -0.2) is 0 Å². The maximum absolute atomic E-state index is 4.32. The molecule has 0 heteroatoms. The van der Waals surface area contributed by atoms with Gasteiger partial charge in [-0.2, -0.15) is 0 Å². The lowest BCUT2D eigenvalue weighted by Gasteiger charge is -2.17. The molecule has 116 valence electrons. The number of unbranched alkanes of at least 4 members (excludes halogenated alkanes) is 7. The van der Waals surface area contributed by atoms with Crippen LogP contribution in [0.2, 0.25) is 0 Å². The minimum absolute atomic E-state index is 0.791. The van der Waals surface area contributed by atoms with Crippen LogP contribution in [0, 0.1) is 11.8 Å². The molecule has 0 saturated heterocycles. The van der Waals surface area contributed by atoms with Crippen LogP contribution in [-0.2, 0) is 0 Å². The zero-order valence-corrected chi connectivity index (χ0v) is 14.0. The first-order chi connectivity index (χ1) is 9.79. The van der Waals surface area contributed by atoms with Crippen molar-refractivity contribution >= 4 is 0 Å². The van der Waals surface area contributed by atoms with Crippen molar-refractivity contribution in [3.63, 3.8) is 0 Å². The van der Waals surface area contributed by atoms with E-state index in [1.54, 1.807) is 0 Å². The molecule has 0 nitrogen and oxygen atoms in total. The molecule has 0 N–H and O–H groups in total. The first-order valence-electron chi connectivity index (χ1n) is 9.13. The molecule has 0 bridgehead atoms. The molecular weight excluding hydrogens is 240 g/mol. The third-order valence-electron chi connectivity index (χ3n) is 4.82. The third-order valence-corrected chi connectivity index (χ3v) is 4.82. The topological polar surface area (TPSA) is 0 Å². The van der Waals surface area contributed by atoms with Crippen LogP contribution in [0.4, 0.5) is 0 Å². The average Bonchev–Trinajstić information content (AvgIpc) is 2.79. The van der Waals surface area contributed by atoms with Crippen molar-refractivity contribution in [3.05, 3.63) is 24.3 Å². The fraction of sp³-hybridized carbons (Fsp3) is 0.800. The minimum atomic E-state index is 0.791. The van der Waals surface area contributed by atoms with Crippen molar-refractivity contribution in [2.75, 3.05) is 0 Å². The lowest BCUT2D eigenvalue weighted by molar-refractivity contribution is 0.444. The zero-order chi connectivity index (χ0) is 14.6. The van der Waals surface area contributed by atoms with Gasteiger partial charge in [0.1, 0.15) is 0 Å². The molecule has 1 saturated carbocycles. The predicted molar refractivity (Wildman–Crippen MR) is 92.0 cm³/mol. The third kappa shape index (κ3) is 6.77. The first-order valence-corrected chi connectivity index (χ1v) is 9.13. The first kappa shape index (κ1) is 17.5. The van der Waals surface area contributed by atoms with Crippen molar-refractivity contribution < 1.29 is 0 Å². The average molecular weight is 277 g/mol. The summed E-state index contributed by atoms with van der Waals surface area (Å²) in [7, 11) is 0. The van der Waals surface area contributed by atoms with E-state index in [1.807, 2.05) is 0 Å². The summed E-state index contributed by atoms with van der Waals surface area (Å²) in [4.78, 5) is 0. The highest BCUT2D eigenvalue weighted by Crippen LogP contribution is 2.39. The van der Waals surface area contributed by atoms with Crippen LogP contribution >= 0.6 is 0 Å². The second-order valence-electron chi connectivity index (χ2n) is 6.59. The van der Waals surface area contributed by atoms with Crippen molar-refractivity contribution in [2.24, 2.45) is 11.8 Å². The van der Waals surface area contributed by atoms with Gasteiger partial charge in [0.05, 0.1) is 0 Å². The van der Waals surface area contributed by atoms with Crippen LogP contribution < -0.4 is 0 Å². The molecule has 0 heterocycles. The standard InChI is InChI=1S/C20H36/c1-4-6-8-10-12-14-19-17-16-18(3)20(19)15-13-11-9-7-5-2/h12,14,19-20H,3-11,13,15-17H2,1-2H3/b14-12+.